The summed E-state index contributed by atoms with van der Waals surface area (Å²) < 4.78 is 9.87. The van der Waals surface area contributed by atoms with Crippen molar-refractivity contribution in [3.63, 3.8) is 0 Å². The third kappa shape index (κ3) is 2.45. The molecule has 0 amide bonds. The summed E-state index contributed by atoms with van der Waals surface area (Å²) >= 11 is 3.14. The van der Waals surface area contributed by atoms with E-state index in [1.54, 1.807) is 6.07 Å². The smallest absolute Gasteiger partial charge is 0.327 e. The van der Waals surface area contributed by atoms with Crippen molar-refractivity contribution in [1.82, 2.24) is 0 Å². The number of hydrogen-bond donors (Lipinski definition) is 2. The van der Waals surface area contributed by atoms with Gasteiger partial charge in [0.2, 0.25) is 0 Å². The van der Waals surface area contributed by atoms with Crippen LogP contribution in [0.1, 0.15) is 11.6 Å². The molecule has 1 aromatic rings. The second-order valence-corrected chi connectivity index (χ2v) is 3.91. The Morgan fingerprint density at radius 3 is 2.62 bits per heavy atom. The first-order chi connectivity index (χ1) is 7.51. The predicted molar refractivity (Wildman–Crippen MR) is 61.3 cm³/mol. The fourth-order valence-electron chi connectivity index (χ4n) is 1.19. The molecule has 1 aromatic carbocycles. The zero-order valence-corrected chi connectivity index (χ0v) is 10.4. The molecule has 0 aliphatic carbocycles. The van der Waals surface area contributed by atoms with Crippen LogP contribution in [0, 0.1) is 0 Å². The van der Waals surface area contributed by atoms with E-state index in [0.717, 1.165) is 0 Å². The number of benzene rings is 1. The summed E-state index contributed by atoms with van der Waals surface area (Å²) in [6.07, 6.45) is 0. The van der Waals surface area contributed by atoms with Crippen LogP contribution >= 0.6 is 15.9 Å². The Hall–Kier alpha value is -1.27. The molecule has 0 saturated carbocycles. The molecule has 88 valence electrons. The maximum atomic E-state index is 11.2. The molecule has 0 unspecified atom stereocenters. The summed E-state index contributed by atoms with van der Waals surface area (Å²) in [4.78, 5) is 11.2. The van der Waals surface area contributed by atoms with Crippen LogP contribution in [-0.4, -0.2) is 25.3 Å². The Balaban J connectivity index is 3.16. The van der Waals surface area contributed by atoms with Gasteiger partial charge in [-0.25, -0.2) is 0 Å². The SMILES string of the molecule is COC(=O)[C@H](N)c1cc(Br)c(O)c(OC)c1. The molecule has 0 heterocycles. The van der Waals surface area contributed by atoms with E-state index in [0.29, 0.717) is 10.0 Å². The molecule has 0 bridgehead atoms. The second kappa shape index (κ2) is 5.18. The molecular formula is C10H12BrNO4. The van der Waals surface area contributed by atoms with Gasteiger partial charge in [-0.2, -0.15) is 0 Å². The Kier molecular flexibility index (Phi) is 4.14. The lowest BCUT2D eigenvalue weighted by Crippen LogP contribution is -2.22. The van der Waals surface area contributed by atoms with Crippen LogP contribution in [-0.2, 0) is 9.53 Å². The monoisotopic (exact) mass is 289 g/mol. The fraction of sp³-hybridized carbons (Fsp3) is 0.300. The predicted octanol–water partition coefficient (Wildman–Crippen LogP) is 1.34. The van der Waals surface area contributed by atoms with E-state index in [1.165, 1.54) is 20.3 Å². The third-order valence-electron chi connectivity index (χ3n) is 2.08. The van der Waals surface area contributed by atoms with E-state index >= 15 is 0 Å². The summed E-state index contributed by atoms with van der Waals surface area (Å²) in [7, 11) is 2.67. The van der Waals surface area contributed by atoms with Gasteiger partial charge in [-0.05, 0) is 33.6 Å². The normalized spacial score (nSPS) is 12.0. The second-order valence-electron chi connectivity index (χ2n) is 3.05. The van der Waals surface area contributed by atoms with Crippen molar-refractivity contribution < 1.29 is 19.4 Å². The van der Waals surface area contributed by atoms with Crippen LogP contribution in [0.3, 0.4) is 0 Å². The standard InChI is InChI=1S/C10H12BrNO4/c1-15-7-4-5(3-6(11)9(7)13)8(12)10(14)16-2/h3-4,8,13H,12H2,1-2H3/t8-/m1/s1. The largest absolute Gasteiger partial charge is 0.503 e. The number of carbonyl (C=O) groups is 1. The number of nitrogens with two attached hydrogens (primary N) is 1. The van der Waals surface area contributed by atoms with E-state index in [2.05, 4.69) is 20.7 Å². The highest BCUT2D eigenvalue weighted by Gasteiger charge is 2.19. The minimum Gasteiger partial charge on any atom is -0.503 e. The number of methoxy groups -OCH3 is 2. The summed E-state index contributed by atoms with van der Waals surface area (Å²) in [5.74, 6) is -0.355. The van der Waals surface area contributed by atoms with Gasteiger partial charge in [-0.1, -0.05) is 0 Å². The topological polar surface area (TPSA) is 81.8 Å². The Labute approximate surface area is 101 Å². The number of phenolic OH excluding ortho intramolecular Hbond substituents is 1. The van der Waals surface area contributed by atoms with Crippen LogP contribution in [0.4, 0.5) is 0 Å². The molecule has 0 aliphatic rings. The number of rotatable bonds is 3. The Bertz CT molecular complexity index is 408. The number of ether oxygens (including phenoxy) is 2. The number of aromatic hydroxyl groups is 1. The third-order valence-corrected chi connectivity index (χ3v) is 2.69. The lowest BCUT2D eigenvalue weighted by Gasteiger charge is -2.13. The maximum Gasteiger partial charge on any atom is 0.327 e. The fourth-order valence-corrected chi connectivity index (χ4v) is 1.65. The Morgan fingerprint density at radius 1 is 1.50 bits per heavy atom. The van der Waals surface area contributed by atoms with Gasteiger partial charge in [0, 0.05) is 0 Å². The van der Waals surface area contributed by atoms with Gasteiger partial charge in [0.15, 0.2) is 11.5 Å². The highest BCUT2D eigenvalue weighted by atomic mass is 79.9. The van der Waals surface area contributed by atoms with Crippen molar-refractivity contribution in [2.45, 2.75) is 6.04 Å². The number of hydrogen-bond acceptors (Lipinski definition) is 5. The van der Waals surface area contributed by atoms with Gasteiger partial charge in [-0.3, -0.25) is 4.79 Å². The van der Waals surface area contributed by atoms with Crippen LogP contribution in [0.25, 0.3) is 0 Å². The average molecular weight is 290 g/mol. The number of halogens is 1. The van der Waals surface area contributed by atoms with Crippen molar-refractivity contribution in [3.05, 3.63) is 22.2 Å². The molecule has 0 aliphatic heterocycles. The molecule has 0 radical (unpaired) electrons. The molecule has 0 saturated heterocycles. The first-order valence-electron chi connectivity index (χ1n) is 4.41. The van der Waals surface area contributed by atoms with Gasteiger partial charge >= 0.3 is 5.97 Å². The van der Waals surface area contributed by atoms with Gasteiger partial charge in [-0.15, -0.1) is 0 Å². The van der Waals surface area contributed by atoms with Crippen molar-refractivity contribution in [1.29, 1.82) is 0 Å². The van der Waals surface area contributed by atoms with Crippen molar-refractivity contribution in [3.8, 4) is 11.5 Å². The molecule has 6 heteroatoms. The summed E-state index contributed by atoms with van der Waals surface area (Å²) in [5, 5.41) is 9.57. The zero-order valence-electron chi connectivity index (χ0n) is 8.86. The minimum atomic E-state index is -0.907. The van der Waals surface area contributed by atoms with Crippen molar-refractivity contribution in [2.75, 3.05) is 14.2 Å². The lowest BCUT2D eigenvalue weighted by molar-refractivity contribution is -0.142. The number of carbonyl (C=O) groups excluding carboxylic acids is 1. The summed E-state index contributed by atoms with van der Waals surface area (Å²) in [5.41, 5.74) is 6.15. The highest BCUT2D eigenvalue weighted by Crippen LogP contribution is 2.36. The number of phenols is 1. The molecule has 0 spiro atoms. The zero-order chi connectivity index (χ0) is 12.3. The first-order valence-corrected chi connectivity index (χ1v) is 5.20. The van der Waals surface area contributed by atoms with Crippen LogP contribution in [0.15, 0.2) is 16.6 Å². The molecular weight excluding hydrogens is 278 g/mol. The molecule has 0 aromatic heterocycles. The minimum absolute atomic E-state index is 0.0386. The van der Waals surface area contributed by atoms with Crippen molar-refractivity contribution in [2.24, 2.45) is 5.73 Å². The maximum absolute atomic E-state index is 11.2. The van der Waals surface area contributed by atoms with E-state index in [9.17, 15) is 9.90 Å². The quantitative estimate of drug-likeness (QED) is 0.821. The molecule has 3 N–H and O–H groups in total. The summed E-state index contributed by atoms with van der Waals surface area (Å²) in [6.45, 7) is 0. The van der Waals surface area contributed by atoms with E-state index < -0.39 is 12.0 Å². The van der Waals surface area contributed by atoms with Gasteiger partial charge < -0.3 is 20.3 Å². The molecule has 0 fully saturated rings. The molecule has 5 nitrogen and oxygen atoms in total. The van der Waals surface area contributed by atoms with Crippen LogP contribution < -0.4 is 10.5 Å². The first kappa shape index (κ1) is 12.8. The van der Waals surface area contributed by atoms with Crippen LogP contribution in [0.2, 0.25) is 0 Å². The highest BCUT2D eigenvalue weighted by molar-refractivity contribution is 9.10. The molecule has 16 heavy (non-hydrogen) atoms. The van der Waals surface area contributed by atoms with Gasteiger partial charge in [0.25, 0.3) is 0 Å². The average Bonchev–Trinajstić information content (AvgIpc) is 2.30. The molecule has 1 atom stereocenters. The van der Waals surface area contributed by atoms with E-state index in [1.807, 2.05) is 0 Å². The van der Waals surface area contributed by atoms with Crippen LogP contribution in [0.5, 0.6) is 11.5 Å². The molecule has 1 rings (SSSR count). The number of esters is 1. The Morgan fingerprint density at radius 2 is 2.12 bits per heavy atom. The summed E-state index contributed by atoms with van der Waals surface area (Å²) in [6, 6.07) is 2.12. The lowest BCUT2D eigenvalue weighted by atomic mass is 10.1. The van der Waals surface area contributed by atoms with Gasteiger partial charge in [0.1, 0.15) is 6.04 Å². The van der Waals surface area contributed by atoms with Crippen molar-refractivity contribution >= 4 is 21.9 Å². The van der Waals surface area contributed by atoms with E-state index in [4.69, 9.17) is 10.5 Å². The van der Waals surface area contributed by atoms with Gasteiger partial charge in [0.05, 0.1) is 18.7 Å². The van der Waals surface area contributed by atoms with E-state index in [-0.39, 0.29) is 11.5 Å².